The molecule has 0 heterocycles. The third-order valence-electron chi connectivity index (χ3n) is 2.65. The fourth-order valence-corrected chi connectivity index (χ4v) is 2.34. The van der Waals surface area contributed by atoms with E-state index in [0.29, 0.717) is 27.4 Å². The Hall–Kier alpha value is -1.72. The molecular weight excluding hydrogens is 344 g/mol. The molecule has 2 rings (SSSR count). The molecule has 20 heavy (non-hydrogen) atoms. The van der Waals surface area contributed by atoms with E-state index in [1.807, 2.05) is 18.2 Å². The molecule has 0 aliphatic heterocycles. The van der Waals surface area contributed by atoms with Crippen molar-refractivity contribution in [3.05, 3.63) is 63.1 Å². The zero-order valence-corrected chi connectivity index (χ0v) is 12.7. The van der Waals surface area contributed by atoms with E-state index in [0.717, 1.165) is 5.56 Å². The van der Waals surface area contributed by atoms with Crippen molar-refractivity contribution in [3.8, 4) is 5.75 Å². The van der Waals surface area contributed by atoms with Gasteiger partial charge in [0.2, 0.25) is 0 Å². The predicted molar refractivity (Wildman–Crippen MR) is 82.4 cm³/mol. The minimum absolute atomic E-state index is 0.0106. The number of nitrogens with zero attached hydrogens (tertiary/aromatic N) is 1. The van der Waals surface area contributed by atoms with Crippen molar-refractivity contribution in [1.29, 1.82) is 0 Å². The van der Waals surface area contributed by atoms with Gasteiger partial charge >= 0.3 is 0 Å². The van der Waals surface area contributed by atoms with Gasteiger partial charge in [-0.1, -0.05) is 35.0 Å². The molecule has 0 unspecified atom stereocenters. The summed E-state index contributed by atoms with van der Waals surface area (Å²) in [7, 11) is 0. The predicted octanol–water partition coefficient (Wildman–Crippen LogP) is 3.78. The van der Waals surface area contributed by atoms with Crippen LogP contribution in [-0.2, 0) is 6.61 Å². The van der Waals surface area contributed by atoms with Gasteiger partial charge in [-0.15, -0.1) is 0 Å². The molecule has 104 valence electrons. The number of hydrogen-bond donors (Lipinski definition) is 2. The monoisotopic (exact) mass is 354 g/mol. The van der Waals surface area contributed by atoms with Gasteiger partial charge in [-0.25, -0.2) is 0 Å². The average molecular weight is 356 g/mol. The van der Waals surface area contributed by atoms with Gasteiger partial charge in [-0.2, -0.15) is 0 Å². The van der Waals surface area contributed by atoms with Crippen molar-refractivity contribution in [2.75, 3.05) is 0 Å². The highest BCUT2D eigenvalue weighted by molar-refractivity contribution is 9.10. The largest absolute Gasteiger partial charge is 0.488 e. The second kappa shape index (κ2) is 6.63. The summed E-state index contributed by atoms with van der Waals surface area (Å²) in [6, 6.07) is 12.7. The third-order valence-corrected chi connectivity index (χ3v) is 3.56. The van der Waals surface area contributed by atoms with Crippen molar-refractivity contribution >= 4 is 33.4 Å². The molecule has 3 N–H and O–H groups in total. The van der Waals surface area contributed by atoms with E-state index < -0.39 is 0 Å². The third kappa shape index (κ3) is 3.43. The van der Waals surface area contributed by atoms with Crippen LogP contribution < -0.4 is 10.5 Å². The lowest BCUT2D eigenvalue weighted by atomic mass is 10.2. The Bertz CT molecular complexity index is 630. The fourth-order valence-electron chi connectivity index (χ4n) is 1.66. The van der Waals surface area contributed by atoms with Crippen LogP contribution in [0.25, 0.3) is 0 Å². The van der Waals surface area contributed by atoms with E-state index in [2.05, 4.69) is 21.1 Å². The maximum atomic E-state index is 8.82. The molecule has 2 aromatic carbocycles. The Morgan fingerprint density at radius 3 is 2.60 bits per heavy atom. The molecule has 0 radical (unpaired) electrons. The highest BCUT2D eigenvalue weighted by atomic mass is 79.9. The fraction of sp³-hybridized carbons (Fsp3) is 0.0714. The number of rotatable bonds is 4. The molecule has 0 saturated carbocycles. The summed E-state index contributed by atoms with van der Waals surface area (Å²) < 4.78 is 6.42. The van der Waals surface area contributed by atoms with E-state index in [-0.39, 0.29) is 5.84 Å². The second-order valence-corrected chi connectivity index (χ2v) is 5.30. The lowest BCUT2D eigenvalue weighted by Gasteiger charge is -2.12. The van der Waals surface area contributed by atoms with Crippen LogP contribution in [0.4, 0.5) is 0 Å². The van der Waals surface area contributed by atoms with Crippen molar-refractivity contribution in [2.24, 2.45) is 10.9 Å². The smallest absolute Gasteiger partial charge is 0.174 e. The first-order valence-electron chi connectivity index (χ1n) is 5.75. The highest BCUT2D eigenvalue weighted by Crippen LogP contribution is 2.27. The molecule has 0 atom stereocenters. The Balaban J connectivity index is 2.21. The Labute approximate surface area is 129 Å². The van der Waals surface area contributed by atoms with Crippen molar-refractivity contribution in [2.45, 2.75) is 6.61 Å². The standard InChI is InChI=1S/C14H12BrClN2O2/c15-11-2-1-3-12(13(11)14(17)18-19)20-8-9-4-6-10(16)7-5-9/h1-7,19H,8H2,(H2,17,18). The van der Waals surface area contributed by atoms with Gasteiger partial charge in [0.1, 0.15) is 12.4 Å². The van der Waals surface area contributed by atoms with Crippen LogP contribution >= 0.6 is 27.5 Å². The number of ether oxygens (including phenoxy) is 1. The first-order valence-corrected chi connectivity index (χ1v) is 6.92. The van der Waals surface area contributed by atoms with E-state index >= 15 is 0 Å². The van der Waals surface area contributed by atoms with E-state index in [9.17, 15) is 0 Å². The number of halogens is 2. The number of hydrogen-bond acceptors (Lipinski definition) is 3. The topological polar surface area (TPSA) is 67.8 Å². The van der Waals surface area contributed by atoms with Crippen molar-refractivity contribution in [3.63, 3.8) is 0 Å². The lowest BCUT2D eigenvalue weighted by Crippen LogP contribution is -2.15. The Morgan fingerprint density at radius 2 is 1.95 bits per heavy atom. The van der Waals surface area contributed by atoms with Crippen molar-refractivity contribution in [1.82, 2.24) is 0 Å². The number of benzene rings is 2. The SMILES string of the molecule is N/C(=N/O)c1c(Br)cccc1OCc1ccc(Cl)cc1. The molecule has 6 heteroatoms. The van der Waals surface area contributed by atoms with Crippen LogP contribution in [0, 0.1) is 0 Å². The van der Waals surface area contributed by atoms with Gasteiger partial charge in [0.25, 0.3) is 0 Å². The van der Waals surface area contributed by atoms with Crippen LogP contribution in [-0.4, -0.2) is 11.0 Å². The molecular formula is C14H12BrClN2O2. The first-order chi connectivity index (χ1) is 9.61. The molecule has 0 spiro atoms. The quantitative estimate of drug-likeness (QED) is 0.379. The molecule has 0 bridgehead atoms. The Morgan fingerprint density at radius 1 is 1.25 bits per heavy atom. The molecule has 0 aliphatic carbocycles. The highest BCUT2D eigenvalue weighted by Gasteiger charge is 2.12. The molecule has 4 nitrogen and oxygen atoms in total. The minimum Gasteiger partial charge on any atom is -0.488 e. The molecule has 0 aliphatic rings. The summed E-state index contributed by atoms with van der Waals surface area (Å²) in [5.74, 6) is 0.521. The first kappa shape index (κ1) is 14.7. The molecule has 0 amide bonds. The summed E-state index contributed by atoms with van der Waals surface area (Å²) in [6.07, 6.45) is 0. The van der Waals surface area contributed by atoms with E-state index in [1.54, 1.807) is 24.3 Å². The Kier molecular flexibility index (Phi) is 4.87. The second-order valence-electron chi connectivity index (χ2n) is 4.01. The van der Waals surface area contributed by atoms with Gasteiger partial charge in [0.05, 0.1) is 5.56 Å². The maximum absolute atomic E-state index is 8.82. The zero-order chi connectivity index (χ0) is 14.5. The maximum Gasteiger partial charge on any atom is 0.174 e. The summed E-state index contributed by atoms with van der Waals surface area (Å²) in [5.41, 5.74) is 7.15. The lowest BCUT2D eigenvalue weighted by molar-refractivity contribution is 0.303. The van der Waals surface area contributed by atoms with Gasteiger partial charge in [0.15, 0.2) is 5.84 Å². The molecule has 0 saturated heterocycles. The van der Waals surface area contributed by atoms with E-state index in [1.165, 1.54) is 0 Å². The van der Waals surface area contributed by atoms with Crippen LogP contribution in [0.5, 0.6) is 5.75 Å². The number of oxime groups is 1. The van der Waals surface area contributed by atoms with Crippen LogP contribution in [0.2, 0.25) is 5.02 Å². The van der Waals surface area contributed by atoms with Crippen LogP contribution in [0.1, 0.15) is 11.1 Å². The minimum atomic E-state index is -0.0106. The van der Waals surface area contributed by atoms with E-state index in [4.69, 9.17) is 27.3 Å². The molecule has 2 aromatic rings. The number of nitrogens with two attached hydrogens (primary N) is 1. The van der Waals surface area contributed by atoms with Crippen LogP contribution in [0.3, 0.4) is 0 Å². The zero-order valence-electron chi connectivity index (χ0n) is 10.4. The summed E-state index contributed by atoms with van der Waals surface area (Å²) >= 11 is 9.18. The van der Waals surface area contributed by atoms with Gasteiger partial charge in [0, 0.05) is 9.50 Å². The van der Waals surface area contributed by atoms with Gasteiger partial charge in [-0.05, 0) is 45.8 Å². The average Bonchev–Trinajstić information content (AvgIpc) is 2.46. The molecule has 0 aromatic heterocycles. The van der Waals surface area contributed by atoms with Gasteiger partial charge < -0.3 is 15.7 Å². The molecule has 0 fully saturated rings. The van der Waals surface area contributed by atoms with Gasteiger partial charge in [-0.3, -0.25) is 0 Å². The number of amidine groups is 1. The van der Waals surface area contributed by atoms with Crippen LogP contribution in [0.15, 0.2) is 52.1 Å². The normalized spacial score (nSPS) is 11.4. The summed E-state index contributed by atoms with van der Waals surface area (Å²) in [5, 5.41) is 12.5. The summed E-state index contributed by atoms with van der Waals surface area (Å²) in [4.78, 5) is 0. The summed E-state index contributed by atoms with van der Waals surface area (Å²) in [6.45, 7) is 0.360. The van der Waals surface area contributed by atoms with Crippen molar-refractivity contribution < 1.29 is 9.94 Å².